The van der Waals surface area contributed by atoms with E-state index in [0.29, 0.717) is 0 Å². The Hall–Kier alpha value is -1.63. The van der Waals surface area contributed by atoms with Crippen molar-refractivity contribution in [2.24, 2.45) is 5.73 Å². The predicted molar refractivity (Wildman–Crippen MR) is 44.4 cm³/mol. The van der Waals surface area contributed by atoms with E-state index in [-0.39, 0.29) is 0 Å². The third kappa shape index (κ3) is 2.07. The number of benzene rings is 1. The van der Waals surface area contributed by atoms with Crippen molar-refractivity contribution in [2.45, 2.75) is 12.2 Å². The minimum atomic E-state index is -4.74. The van der Waals surface area contributed by atoms with E-state index in [0.717, 1.165) is 12.1 Å². The van der Waals surface area contributed by atoms with Gasteiger partial charge in [0.1, 0.15) is 6.04 Å². The van der Waals surface area contributed by atoms with Gasteiger partial charge in [0.2, 0.25) is 5.75 Å². The van der Waals surface area contributed by atoms with Crippen molar-refractivity contribution >= 4 is 0 Å². The molecule has 0 saturated carbocycles. The summed E-state index contributed by atoms with van der Waals surface area (Å²) in [6.07, 6.45) is -4.74. The molecule has 1 atom stereocenters. The van der Waals surface area contributed by atoms with Crippen molar-refractivity contribution in [1.82, 2.24) is 0 Å². The van der Waals surface area contributed by atoms with E-state index in [1.807, 2.05) is 0 Å². The number of hydrogen-bond acceptors (Lipinski definition) is 4. The van der Waals surface area contributed by atoms with Crippen molar-refractivity contribution in [1.29, 1.82) is 0 Å². The lowest BCUT2D eigenvalue weighted by Crippen LogP contribution is -2.28. The third-order valence-corrected chi connectivity index (χ3v) is 1.85. The van der Waals surface area contributed by atoms with Crippen LogP contribution < -0.4 is 5.73 Å². The smallest absolute Gasteiger partial charge is 0.407 e. The number of nitrogens with two attached hydrogens (primary N) is 1. The maximum atomic E-state index is 12.2. The fourth-order valence-electron chi connectivity index (χ4n) is 1.01. The van der Waals surface area contributed by atoms with Gasteiger partial charge in [0.25, 0.3) is 0 Å². The molecule has 15 heavy (non-hydrogen) atoms. The molecule has 1 rings (SSSR count). The molecule has 0 spiro atoms. The molecule has 1 aromatic carbocycles. The van der Waals surface area contributed by atoms with Crippen LogP contribution in [0.25, 0.3) is 0 Å². The van der Waals surface area contributed by atoms with Crippen molar-refractivity contribution in [3.05, 3.63) is 17.7 Å². The standard InChI is InChI=1S/C8H8F3NO3/c9-8(10,11)7(12)3-1-2-4(13)6(15)5(3)14/h1-2,7,13-15H,12H2/t7-/m0/s1. The molecule has 0 aliphatic carbocycles. The van der Waals surface area contributed by atoms with Crippen LogP contribution in [0, 0.1) is 0 Å². The Bertz CT molecular complexity index is 378. The Balaban J connectivity index is 3.23. The van der Waals surface area contributed by atoms with E-state index >= 15 is 0 Å². The van der Waals surface area contributed by atoms with Crippen LogP contribution in [0.4, 0.5) is 13.2 Å². The summed E-state index contributed by atoms with van der Waals surface area (Å²) in [6.45, 7) is 0. The fourth-order valence-corrected chi connectivity index (χ4v) is 1.01. The second-order valence-corrected chi connectivity index (χ2v) is 2.89. The lowest BCUT2D eigenvalue weighted by Gasteiger charge is -2.17. The molecule has 0 aromatic heterocycles. The van der Waals surface area contributed by atoms with Crippen molar-refractivity contribution in [2.75, 3.05) is 0 Å². The molecule has 1 aromatic rings. The van der Waals surface area contributed by atoms with Gasteiger partial charge in [0, 0.05) is 5.56 Å². The first-order valence-corrected chi connectivity index (χ1v) is 3.81. The molecule has 0 heterocycles. The maximum Gasteiger partial charge on any atom is 0.407 e. The molecule has 0 radical (unpaired) electrons. The molecule has 7 heteroatoms. The molecule has 0 unspecified atom stereocenters. The number of aromatic hydroxyl groups is 3. The van der Waals surface area contributed by atoms with Crippen LogP contribution in [-0.2, 0) is 0 Å². The van der Waals surface area contributed by atoms with Gasteiger partial charge in [-0.25, -0.2) is 0 Å². The highest BCUT2D eigenvalue weighted by Gasteiger charge is 2.39. The zero-order chi connectivity index (χ0) is 11.8. The average molecular weight is 223 g/mol. The predicted octanol–water partition coefficient (Wildman–Crippen LogP) is 1.37. The van der Waals surface area contributed by atoms with Crippen LogP contribution in [0.1, 0.15) is 11.6 Å². The van der Waals surface area contributed by atoms with Gasteiger partial charge in [0.05, 0.1) is 0 Å². The summed E-state index contributed by atoms with van der Waals surface area (Å²) in [4.78, 5) is 0. The van der Waals surface area contributed by atoms with Crippen LogP contribution in [-0.4, -0.2) is 21.5 Å². The molecule has 84 valence electrons. The second kappa shape index (κ2) is 3.50. The Kier molecular flexibility index (Phi) is 2.67. The van der Waals surface area contributed by atoms with Gasteiger partial charge in [-0.3, -0.25) is 0 Å². The molecule has 0 bridgehead atoms. The summed E-state index contributed by atoms with van der Waals surface area (Å²) in [6, 6.07) is -0.803. The highest BCUT2D eigenvalue weighted by molar-refractivity contribution is 5.54. The first-order valence-electron chi connectivity index (χ1n) is 3.81. The topological polar surface area (TPSA) is 86.7 Å². The average Bonchev–Trinajstić information content (AvgIpc) is 2.12. The first-order chi connectivity index (χ1) is 6.75. The van der Waals surface area contributed by atoms with Gasteiger partial charge in [-0.2, -0.15) is 13.2 Å². The number of halogens is 3. The second-order valence-electron chi connectivity index (χ2n) is 2.89. The molecule has 0 fully saturated rings. The summed E-state index contributed by atoms with van der Waals surface area (Å²) in [7, 11) is 0. The quantitative estimate of drug-likeness (QED) is 0.541. The minimum Gasteiger partial charge on any atom is -0.504 e. The van der Waals surface area contributed by atoms with Crippen molar-refractivity contribution in [3.8, 4) is 17.2 Å². The molecule has 5 N–H and O–H groups in total. The van der Waals surface area contributed by atoms with Crippen molar-refractivity contribution < 1.29 is 28.5 Å². The van der Waals surface area contributed by atoms with Crippen LogP contribution in [0.5, 0.6) is 17.2 Å². The van der Waals surface area contributed by atoms with E-state index in [2.05, 4.69) is 0 Å². The monoisotopic (exact) mass is 223 g/mol. The Morgan fingerprint density at radius 2 is 1.60 bits per heavy atom. The Labute approximate surface area is 82.4 Å². The Morgan fingerprint density at radius 3 is 2.07 bits per heavy atom. The number of alkyl halides is 3. The fraction of sp³-hybridized carbons (Fsp3) is 0.250. The third-order valence-electron chi connectivity index (χ3n) is 1.85. The molecular weight excluding hydrogens is 215 g/mol. The molecular formula is C8H8F3NO3. The zero-order valence-corrected chi connectivity index (χ0v) is 7.28. The largest absolute Gasteiger partial charge is 0.504 e. The summed E-state index contributed by atoms with van der Waals surface area (Å²) < 4.78 is 36.5. The van der Waals surface area contributed by atoms with E-state index in [4.69, 9.17) is 21.1 Å². The van der Waals surface area contributed by atoms with Gasteiger partial charge in [-0.1, -0.05) is 0 Å². The highest BCUT2D eigenvalue weighted by Crippen LogP contribution is 2.42. The lowest BCUT2D eigenvalue weighted by atomic mass is 10.1. The van der Waals surface area contributed by atoms with E-state index < -0.39 is 35.0 Å². The van der Waals surface area contributed by atoms with Gasteiger partial charge in [-0.15, -0.1) is 0 Å². The van der Waals surface area contributed by atoms with Crippen LogP contribution >= 0.6 is 0 Å². The van der Waals surface area contributed by atoms with Gasteiger partial charge >= 0.3 is 6.18 Å². The minimum absolute atomic E-state index is 0.696. The maximum absolute atomic E-state index is 12.2. The number of phenols is 3. The number of phenolic OH excluding ortho intramolecular Hbond substituents is 3. The highest BCUT2D eigenvalue weighted by atomic mass is 19.4. The molecule has 4 nitrogen and oxygen atoms in total. The zero-order valence-electron chi connectivity index (χ0n) is 7.28. The number of rotatable bonds is 1. The molecule has 0 aliphatic heterocycles. The summed E-state index contributed by atoms with van der Waals surface area (Å²) in [5.74, 6) is -2.81. The molecule has 0 aliphatic rings. The normalized spacial score (nSPS) is 13.9. The van der Waals surface area contributed by atoms with Gasteiger partial charge < -0.3 is 21.1 Å². The van der Waals surface area contributed by atoms with Crippen LogP contribution in [0.3, 0.4) is 0 Å². The summed E-state index contributed by atoms with van der Waals surface area (Å²) in [5, 5.41) is 27.0. The van der Waals surface area contributed by atoms with E-state index in [1.165, 1.54) is 0 Å². The van der Waals surface area contributed by atoms with Gasteiger partial charge in [-0.05, 0) is 12.1 Å². The molecule has 0 amide bonds. The SMILES string of the molecule is N[C@@H](c1ccc(O)c(O)c1O)C(F)(F)F. The van der Waals surface area contributed by atoms with Crippen LogP contribution in [0.2, 0.25) is 0 Å². The van der Waals surface area contributed by atoms with E-state index in [1.54, 1.807) is 0 Å². The Morgan fingerprint density at radius 1 is 1.07 bits per heavy atom. The van der Waals surface area contributed by atoms with E-state index in [9.17, 15) is 13.2 Å². The van der Waals surface area contributed by atoms with Crippen molar-refractivity contribution in [3.63, 3.8) is 0 Å². The summed E-state index contributed by atoms with van der Waals surface area (Å²) in [5.41, 5.74) is 4.12. The van der Waals surface area contributed by atoms with Crippen LogP contribution in [0.15, 0.2) is 12.1 Å². The molecule has 0 saturated heterocycles. The van der Waals surface area contributed by atoms with Gasteiger partial charge in [0.15, 0.2) is 11.5 Å². The lowest BCUT2D eigenvalue weighted by molar-refractivity contribution is -0.149. The first kappa shape index (κ1) is 11.4. The summed E-state index contributed by atoms with van der Waals surface area (Å²) >= 11 is 0. The number of hydrogen-bond donors (Lipinski definition) is 4.